The van der Waals surface area contributed by atoms with Crippen molar-refractivity contribution in [3.8, 4) is 16.9 Å². The lowest BCUT2D eigenvalue weighted by Crippen LogP contribution is -2.33. The number of amidine groups is 1. The molecule has 3 heterocycles. The first kappa shape index (κ1) is 30.5. The first-order valence-corrected chi connectivity index (χ1v) is 15.1. The second kappa shape index (κ2) is 13.1. The van der Waals surface area contributed by atoms with Gasteiger partial charge in [-0.3, -0.25) is 9.56 Å². The third kappa shape index (κ3) is 7.00. The van der Waals surface area contributed by atoms with E-state index in [0.717, 1.165) is 55.3 Å². The number of nitrogens with zero attached hydrogens (tertiary/aromatic N) is 4. The first-order valence-electron chi connectivity index (χ1n) is 14.8. The van der Waals surface area contributed by atoms with Gasteiger partial charge in [0.15, 0.2) is 5.82 Å². The average molecular weight is 604 g/mol. The van der Waals surface area contributed by atoms with Crippen molar-refractivity contribution in [1.29, 1.82) is 0 Å². The number of hydrogen-bond donors (Lipinski definition) is 3. The minimum atomic E-state index is -0.513. The summed E-state index contributed by atoms with van der Waals surface area (Å²) in [6, 6.07) is 13.6. The summed E-state index contributed by atoms with van der Waals surface area (Å²) in [4.78, 5) is 27.1. The molecule has 2 atom stereocenters. The van der Waals surface area contributed by atoms with E-state index >= 15 is 4.39 Å². The predicted molar refractivity (Wildman–Crippen MR) is 174 cm³/mol. The molecule has 0 saturated carbocycles. The van der Waals surface area contributed by atoms with Crippen molar-refractivity contribution in [2.75, 3.05) is 13.6 Å². The van der Waals surface area contributed by atoms with Crippen molar-refractivity contribution < 1.29 is 4.39 Å². The molecular formula is C33H39ClFN7O. The maximum absolute atomic E-state index is 15.1. The summed E-state index contributed by atoms with van der Waals surface area (Å²) in [5.41, 5.74) is 16.3. The maximum atomic E-state index is 15.1. The Morgan fingerprint density at radius 2 is 2.02 bits per heavy atom. The van der Waals surface area contributed by atoms with Gasteiger partial charge >= 0.3 is 5.69 Å². The fraction of sp³-hybridized carbons (Fsp3) is 0.364. The Balaban J connectivity index is 1.38. The highest BCUT2D eigenvalue weighted by atomic mass is 35.5. The molecule has 0 spiro atoms. The molecule has 0 amide bonds. The minimum absolute atomic E-state index is 0.0591. The number of nitrogens with one attached hydrogen (secondary N) is 1. The van der Waals surface area contributed by atoms with Gasteiger partial charge in [-0.15, -0.1) is 0 Å². The largest absolute Gasteiger partial charge is 0.388 e. The van der Waals surface area contributed by atoms with Crippen molar-refractivity contribution in [2.24, 2.45) is 16.5 Å². The number of aromatic amines is 1. The number of rotatable bonds is 10. The lowest BCUT2D eigenvalue weighted by atomic mass is 9.97. The molecule has 0 unspecified atom stereocenters. The number of halogens is 2. The molecule has 10 heteroatoms. The Hall–Kier alpha value is -3.95. The average Bonchev–Trinajstić information content (AvgIpc) is 3.37. The summed E-state index contributed by atoms with van der Waals surface area (Å²) in [7, 11) is 2.11. The summed E-state index contributed by atoms with van der Waals surface area (Å²) in [5.74, 6) is 0.0968. The highest BCUT2D eigenvalue weighted by Gasteiger charge is 2.22. The lowest BCUT2D eigenvalue weighted by Gasteiger charge is -2.35. The quantitative estimate of drug-likeness (QED) is 0.151. The van der Waals surface area contributed by atoms with Crippen LogP contribution in [0.15, 0.2) is 64.5 Å². The third-order valence-corrected chi connectivity index (χ3v) is 8.32. The van der Waals surface area contributed by atoms with Crippen molar-refractivity contribution in [1.82, 2.24) is 19.4 Å². The van der Waals surface area contributed by atoms with Gasteiger partial charge in [0.05, 0.1) is 22.2 Å². The Bertz CT molecular complexity index is 1720. The zero-order valence-electron chi connectivity index (χ0n) is 24.9. The number of benzene rings is 2. The molecule has 43 heavy (non-hydrogen) atoms. The van der Waals surface area contributed by atoms with Gasteiger partial charge in [0.1, 0.15) is 5.65 Å². The summed E-state index contributed by atoms with van der Waals surface area (Å²) < 4.78 is 16.6. The summed E-state index contributed by atoms with van der Waals surface area (Å²) in [5, 5.41) is 0.744. The fourth-order valence-corrected chi connectivity index (χ4v) is 5.97. The van der Waals surface area contributed by atoms with Crippen molar-refractivity contribution >= 4 is 34.2 Å². The van der Waals surface area contributed by atoms with Gasteiger partial charge in [0.25, 0.3) is 0 Å². The van der Waals surface area contributed by atoms with Gasteiger partial charge in [-0.25, -0.2) is 9.18 Å². The van der Waals surface area contributed by atoms with Gasteiger partial charge in [-0.1, -0.05) is 29.8 Å². The predicted octanol–water partition coefficient (Wildman–Crippen LogP) is 6.05. The molecule has 1 aliphatic rings. The van der Waals surface area contributed by atoms with Crippen LogP contribution in [0.5, 0.6) is 0 Å². The minimum Gasteiger partial charge on any atom is -0.388 e. The highest BCUT2D eigenvalue weighted by molar-refractivity contribution is 6.31. The molecule has 0 bridgehead atoms. The number of fused-ring (bicyclic) bond motifs is 1. The molecule has 0 radical (unpaired) electrons. The van der Waals surface area contributed by atoms with E-state index in [1.54, 1.807) is 24.4 Å². The van der Waals surface area contributed by atoms with E-state index in [1.807, 2.05) is 38.1 Å². The summed E-state index contributed by atoms with van der Waals surface area (Å²) in [6.07, 6.45) is 9.48. The zero-order chi connectivity index (χ0) is 30.7. The SMILES string of the molecule is CC(N)=NCC[C@@H]1CCC=C(c2ccc(-n3cc4cc(-c5cc(CCC[C@H](C)N)cc(Cl)c5F)[nH]c4nc3=O)cc2)N1C. The molecule has 226 valence electrons. The third-order valence-electron chi connectivity index (χ3n) is 8.04. The molecule has 2 aromatic heterocycles. The van der Waals surface area contributed by atoms with Crippen molar-refractivity contribution in [3.63, 3.8) is 0 Å². The van der Waals surface area contributed by atoms with Crippen LogP contribution in [0.2, 0.25) is 5.02 Å². The van der Waals surface area contributed by atoms with E-state index in [-0.39, 0.29) is 11.1 Å². The fourth-order valence-electron chi connectivity index (χ4n) is 5.73. The van der Waals surface area contributed by atoms with Crippen LogP contribution in [0.25, 0.3) is 33.7 Å². The van der Waals surface area contributed by atoms with E-state index < -0.39 is 11.5 Å². The standard InChI is InChI=1S/C33H39ClFN7O/c1-20(36)6-4-7-22-16-27(31(35)28(34)17-22)29-18-24-19-42(33(43)40-32(24)39-29)26-12-10-23(11-13-26)30-9-5-8-25(41(30)3)14-15-38-21(2)37/h9-13,16-20,25H,4-8,14-15,36H2,1-3H3,(H2,37,38)(H,39,40,43)/t20-,25-/m0/s1. The molecule has 2 aromatic carbocycles. The Labute approximate surface area is 256 Å². The number of aromatic nitrogens is 3. The van der Waals surface area contributed by atoms with Crippen LogP contribution in [0, 0.1) is 5.82 Å². The van der Waals surface area contributed by atoms with Crippen LogP contribution in [-0.4, -0.2) is 50.9 Å². The lowest BCUT2D eigenvalue weighted by molar-refractivity contribution is 0.302. The van der Waals surface area contributed by atoms with Crippen LogP contribution in [-0.2, 0) is 6.42 Å². The normalized spacial score (nSPS) is 16.5. The van der Waals surface area contributed by atoms with Gasteiger partial charge in [-0.2, -0.15) is 4.98 Å². The number of nitrogens with two attached hydrogens (primary N) is 2. The van der Waals surface area contributed by atoms with Crippen molar-refractivity contribution in [2.45, 2.75) is 64.5 Å². The molecule has 0 fully saturated rings. The summed E-state index contributed by atoms with van der Waals surface area (Å²) >= 11 is 6.26. The van der Waals surface area contributed by atoms with Gasteiger partial charge in [-0.05, 0) is 93.8 Å². The molecule has 4 aromatic rings. The molecule has 8 nitrogen and oxygen atoms in total. The number of allylic oxidation sites excluding steroid dienone is 1. The smallest absolute Gasteiger partial charge is 0.354 e. The van der Waals surface area contributed by atoms with Gasteiger partial charge in [0.2, 0.25) is 0 Å². The Kier molecular flexibility index (Phi) is 9.32. The number of aryl methyl sites for hydroxylation is 1. The monoisotopic (exact) mass is 603 g/mol. The van der Waals surface area contributed by atoms with E-state index in [4.69, 9.17) is 23.1 Å². The van der Waals surface area contributed by atoms with Crippen molar-refractivity contribution in [3.05, 3.63) is 87.2 Å². The van der Waals surface area contributed by atoms with E-state index in [9.17, 15) is 4.79 Å². The van der Waals surface area contributed by atoms with E-state index in [1.165, 1.54) is 4.57 Å². The highest BCUT2D eigenvalue weighted by Crippen LogP contribution is 2.32. The second-order valence-electron chi connectivity index (χ2n) is 11.5. The van der Waals surface area contributed by atoms with Crippen LogP contribution in [0.3, 0.4) is 0 Å². The topological polar surface area (TPSA) is 118 Å². The first-order chi connectivity index (χ1) is 20.6. The zero-order valence-corrected chi connectivity index (χ0v) is 25.7. The Morgan fingerprint density at radius 1 is 1.26 bits per heavy atom. The number of H-pyrrole nitrogens is 1. The van der Waals surface area contributed by atoms with Gasteiger partial charge < -0.3 is 21.4 Å². The molecule has 5 N–H and O–H groups in total. The number of aliphatic imine (C=N–C) groups is 1. The van der Waals surface area contributed by atoms with Crippen LogP contribution < -0.4 is 17.2 Å². The maximum Gasteiger partial charge on any atom is 0.354 e. The number of hydrogen-bond acceptors (Lipinski definition) is 5. The van der Waals surface area contributed by atoms with Gasteiger partial charge in [0, 0.05) is 48.5 Å². The van der Waals surface area contributed by atoms with Crippen LogP contribution in [0.4, 0.5) is 4.39 Å². The Morgan fingerprint density at radius 3 is 2.74 bits per heavy atom. The molecule has 5 rings (SSSR count). The van der Waals surface area contributed by atoms with Crippen LogP contribution in [0.1, 0.15) is 57.1 Å². The summed E-state index contributed by atoms with van der Waals surface area (Å²) in [6.45, 7) is 4.49. The molecular weight excluding hydrogens is 565 g/mol. The van der Waals surface area contributed by atoms with E-state index in [0.29, 0.717) is 46.4 Å². The van der Waals surface area contributed by atoms with E-state index in [2.05, 4.69) is 33.0 Å². The molecule has 0 aliphatic carbocycles. The molecule has 1 aliphatic heterocycles. The molecule has 0 saturated heterocycles. The van der Waals surface area contributed by atoms with Crippen LogP contribution >= 0.6 is 11.6 Å². The second-order valence-corrected chi connectivity index (χ2v) is 11.9.